The van der Waals surface area contributed by atoms with Crippen molar-refractivity contribution in [1.29, 1.82) is 0 Å². The second-order valence-electron chi connectivity index (χ2n) is 4.06. The fourth-order valence-corrected chi connectivity index (χ4v) is 1.53. The van der Waals surface area contributed by atoms with E-state index in [1.54, 1.807) is 12.1 Å². The Morgan fingerprint density at radius 2 is 1.95 bits per heavy atom. The van der Waals surface area contributed by atoms with E-state index in [9.17, 15) is 9.59 Å². The van der Waals surface area contributed by atoms with Crippen molar-refractivity contribution in [3.63, 3.8) is 0 Å². The highest BCUT2D eigenvalue weighted by Crippen LogP contribution is 2.04. The molecule has 0 radical (unpaired) electrons. The van der Waals surface area contributed by atoms with Crippen LogP contribution in [0.4, 0.5) is 0 Å². The summed E-state index contributed by atoms with van der Waals surface area (Å²) in [5.41, 5.74) is 6.24. The van der Waals surface area contributed by atoms with Crippen molar-refractivity contribution in [3.05, 3.63) is 41.7 Å². The summed E-state index contributed by atoms with van der Waals surface area (Å²) < 4.78 is 1.25. The summed E-state index contributed by atoms with van der Waals surface area (Å²) in [6, 6.07) is 7.17. The lowest BCUT2D eigenvalue weighted by molar-refractivity contribution is -0.122. The Kier molecular flexibility index (Phi) is 4.38. The van der Waals surface area contributed by atoms with Crippen LogP contribution >= 0.6 is 0 Å². The van der Waals surface area contributed by atoms with Crippen LogP contribution in [0, 0.1) is 0 Å². The van der Waals surface area contributed by atoms with E-state index in [1.165, 1.54) is 11.0 Å². The molecule has 8 nitrogen and oxygen atoms in total. The highest BCUT2D eigenvalue weighted by molar-refractivity contribution is 5.95. The van der Waals surface area contributed by atoms with Crippen LogP contribution < -0.4 is 10.9 Å². The van der Waals surface area contributed by atoms with E-state index >= 15 is 0 Å². The SMILES string of the molecule is CCc1ccc(C(=O)NNC(=O)Cn2cnnn2)cc1. The standard InChI is InChI=1S/C12H14N6O2/c1-2-9-3-5-10(6-4-9)12(20)15-14-11(19)7-18-8-13-16-17-18/h3-6,8H,2,7H2,1H3,(H,14,19)(H,15,20). The van der Waals surface area contributed by atoms with Gasteiger partial charge < -0.3 is 0 Å². The Hall–Kier alpha value is -2.77. The monoisotopic (exact) mass is 274 g/mol. The molecule has 0 bridgehead atoms. The normalized spacial score (nSPS) is 10.1. The third kappa shape index (κ3) is 3.61. The summed E-state index contributed by atoms with van der Waals surface area (Å²) in [5.74, 6) is -0.798. The first-order valence-corrected chi connectivity index (χ1v) is 6.08. The van der Waals surface area contributed by atoms with Crippen LogP contribution in [0.3, 0.4) is 0 Å². The molecule has 1 heterocycles. The van der Waals surface area contributed by atoms with Gasteiger partial charge in [-0.3, -0.25) is 20.4 Å². The maximum Gasteiger partial charge on any atom is 0.269 e. The van der Waals surface area contributed by atoms with Gasteiger partial charge in [0.1, 0.15) is 12.9 Å². The van der Waals surface area contributed by atoms with Gasteiger partial charge in [-0.25, -0.2) is 4.68 Å². The number of nitrogens with one attached hydrogen (secondary N) is 2. The van der Waals surface area contributed by atoms with Gasteiger partial charge in [-0.05, 0) is 34.5 Å². The molecule has 0 fully saturated rings. The number of hydrogen-bond donors (Lipinski definition) is 2. The van der Waals surface area contributed by atoms with Crippen molar-refractivity contribution in [2.75, 3.05) is 0 Å². The first-order chi connectivity index (χ1) is 9.69. The number of hydrogen-bond acceptors (Lipinski definition) is 5. The molecule has 2 N–H and O–H groups in total. The maximum absolute atomic E-state index is 11.8. The van der Waals surface area contributed by atoms with Crippen molar-refractivity contribution in [2.24, 2.45) is 0 Å². The van der Waals surface area contributed by atoms with Gasteiger partial charge in [0.15, 0.2) is 0 Å². The van der Waals surface area contributed by atoms with Gasteiger partial charge in [-0.2, -0.15) is 0 Å². The number of tetrazole rings is 1. The first kappa shape index (κ1) is 13.7. The highest BCUT2D eigenvalue weighted by Gasteiger charge is 2.08. The van der Waals surface area contributed by atoms with Crippen molar-refractivity contribution in [2.45, 2.75) is 19.9 Å². The van der Waals surface area contributed by atoms with Crippen LogP contribution in [0.25, 0.3) is 0 Å². The Morgan fingerprint density at radius 3 is 2.55 bits per heavy atom. The van der Waals surface area contributed by atoms with Crippen LogP contribution in [0.2, 0.25) is 0 Å². The van der Waals surface area contributed by atoms with E-state index in [4.69, 9.17) is 0 Å². The number of carbonyl (C=O) groups excluding carboxylic acids is 2. The van der Waals surface area contributed by atoms with Gasteiger partial charge in [0.05, 0.1) is 0 Å². The summed E-state index contributed by atoms with van der Waals surface area (Å²) in [4.78, 5) is 23.3. The fraction of sp³-hybridized carbons (Fsp3) is 0.250. The molecule has 1 aromatic heterocycles. The molecule has 0 aliphatic heterocycles. The van der Waals surface area contributed by atoms with Crippen LogP contribution in [-0.4, -0.2) is 32.0 Å². The summed E-state index contributed by atoms with van der Waals surface area (Å²) in [6.07, 6.45) is 2.22. The minimum absolute atomic E-state index is 0.0674. The van der Waals surface area contributed by atoms with Crippen molar-refractivity contribution >= 4 is 11.8 Å². The summed E-state index contributed by atoms with van der Waals surface area (Å²) in [7, 11) is 0. The molecule has 20 heavy (non-hydrogen) atoms. The summed E-state index contributed by atoms with van der Waals surface area (Å²) >= 11 is 0. The number of carbonyl (C=O) groups is 2. The zero-order valence-corrected chi connectivity index (χ0v) is 10.9. The second kappa shape index (κ2) is 6.41. The topological polar surface area (TPSA) is 102 Å². The van der Waals surface area contributed by atoms with E-state index in [-0.39, 0.29) is 12.5 Å². The number of aromatic nitrogens is 4. The molecular formula is C12H14N6O2. The van der Waals surface area contributed by atoms with Crippen molar-refractivity contribution < 1.29 is 9.59 Å². The Bertz CT molecular complexity index is 579. The highest BCUT2D eigenvalue weighted by atomic mass is 16.2. The van der Waals surface area contributed by atoms with Gasteiger partial charge in [0, 0.05) is 5.56 Å². The fourth-order valence-electron chi connectivity index (χ4n) is 1.53. The molecule has 2 aromatic rings. The molecule has 0 atom stereocenters. The largest absolute Gasteiger partial charge is 0.271 e. The zero-order valence-electron chi connectivity index (χ0n) is 10.9. The van der Waals surface area contributed by atoms with Crippen molar-refractivity contribution in [1.82, 2.24) is 31.1 Å². The van der Waals surface area contributed by atoms with Gasteiger partial charge >= 0.3 is 0 Å². The van der Waals surface area contributed by atoms with E-state index < -0.39 is 5.91 Å². The molecule has 0 unspecified atom stereocenters. The van der Waals surface area contributed by atoms with E-state index in [2.05, 4.69) is 26.4 Å². The molecule has 0 saturated carbocycles. The number of aryl methyl sites for hydroxylation is 1. The molecule has 0 aliphatic rings. The first-order valence-electron chi connectivity index (χ1n) is 6.08. The van der Waals surface area contributed by atoms with Gasteiger partial charge in [-0.1, -0.05) is 19.1 Å². The molecule has 8 heteroatoms. The van der Waals surface area contributed by atoms with Gasteiger partial charge in [-0.15, -0.1) is 5.10 Å². The van der Waals surface area contributed by atoms with Crippen molar-refractivity contribution in [3.8, 4) is 0 Å². The molecule has 1 aromatic carbocycles. The molecule has 2 rings (SSSR count). The predicted molar refractivity (Wildman–Crippen MR) is 69.2 cm³/mol. The third-order valence-corrected chi connectivity index (χ3v) is 2.64. The quantitative estimate of drug-likeness (QED) is 0.745. The average molecular weight is 274 g/mol. The van der Waals surface area contributed by atoms with Crippen LogP contribution in [0.1, 0.15) is 22.8 Å². The Balaban J connectivity index is 1.83. The Labute approximate surface area is 115 Å². The zero-order chi connectivity index (χ0) is 14.4. The van der Waals surface area contributed by atoms with Crippen LogP contribution in [0.5, 0.6) is 0 Å². The van der Waals surface area contributed by atoms with E-state index in [1.807, 2.05) is 19.1 Å². The maximum atomic E-state index is 11.8. The predicted octanol–water partition coefficient (Wildman–Crippen LogP) is -0.303. The molecular weight excluding hydrogens is 260 g/mol. The Morgan fingerprint density at radius 1 is 1.20 bits per heavy atom. The molecule has 0 aliphatic carbocycles. The van der Waals surface area contributed by atoms with E-state index in [0.29, 0.717) is 5.56 Å². The molecule has 104 valence electrons. The minimum atomic E-state index is -0.421. The third-order valence-electron chi connectivity index (χ3n) is 2.64. The minimum Gasteiger partial charge on any atom is -0.271 e. The number of amides is 2. The lowest BCUT2D eigenvalue weighted by Gasteiger charge is -2.07. The van der Waals surface area contributed by atoms with Gasteiger partial charge in [0.25, 0.3) is 11.8 Å². The molecule has 0 saturated heterocycles. The number of hydrazine groups is 1. The summed E-state index contributed by atoms with van der Waals surface area (Å²) in [6.45, 7) is 1.97. The average Bonchev–Trinajstić information content (AvgIpc) is 2.97. The summed E-state index contributed by atoms with van der Waals surface area (Å²) in [5, 5.41) is 10.3. The lowest BCUT2D eigenvalue weighted by Crippen LogP contribution is -2.43. The van der Waals surface area contributed by atoms with Gasteiger partial charge in [0.2, 0.25) is 0 Å². The van der Waals surface area contributed by atoms with Crippen LogP contribution in [0.15, 0.2) is 30.6 Å². The van der Waals surface area contributed by atoms with Crippen LogP contribution in [-0.2, 0) is 17.8 Å². The second-order valence-corrected chi connectivity index (χ2v) is 4.06. The molecule has 0 spiro atoms. The smallest absolute Gasteiger partial charge is 0.269 e. The lowest BCUT2D eigenvalue weighted by atomic mass is 10.1. The van der Waals surface area contributed by atoms with E-state index in [0.717, 1.165) is 12.0 Å². The number of benzene rings is 1. The number of nitrogens with zero attached hydrogens (tertiary/aromatic N) is 4. The molecule has 2 amide bonds. The number of rotatable bonds is 4.